The van der Waals surface area contributed by atoms with Gasteiger partial charge in [-0.25, -0.2) is 0 Å². The normalized spacial score (nSPS) is 14.3. The molecule has 29 heavy (non-hydrogen) atoms. The second kappa shape index (κ2) is 10.7. The number of benzene rings is 1. The number of amides is 2. The van der Waals surface area contributed by atoms with Crippen molar-refractivity contribution in [3.8, 4) is 0 Å². The summed E-state index contributed by atoms with van der Waals surface area (Å²) in [5.41, 5.74) is -0.513. The zero-order valence-electron chi connectivity index (χ0n) is 17.1. The largest absolute Gasteiger partial charge is 1.00 e. The molecule has 1 aromatic rings. The van der Waals surface area contributed by atoms with E-state index in [0.29, 0.717) is 5.56 Å². The number of alkyl halides is 3. The maximum Gasteiger partial charge on any atom is 1.00 e. The molecule has 0 aliphatic carbocycles. The van der Waals surface area contributed by atoms with Crippen LogP contribution in [-0.4, -0.2) is 35.5 Å². The van der Waals surface area contributed by atoms with Gasteiger partial charge in [-0.05, 0) is 43.7 Å². The number of aliphatic carboxylic acids is 1. The first-order valence-corrected chi connectivity index (χ1v) is 8.72. The van der Waals surface area contributed by atoms with Crippen molar-refractivity contribution < 1.29 is 51.5 Å². The minimum atomic E-state index is -5.17. The fraction of sp³-hybridized carbons (Fsp3) is 0.526. The van der Waals surface area contributed by atoms with Gasteiger partial charge in [0.1, 0.15) is 5.54 Å². The van der Waals surface area contributed by atoms with Crippen molar-refractivity contribution in [3.63, 3.8) is 0 Å². The van der Waals surface area contributed by atoms with Crippen molar-refractivity contribution in [2.24, 2.45) is 5.92 Å². The average Bonchev–Trinajstić information content (AvgIpc) is 2.54. The van der Waals surface area contributed by atoms with Gasteiger partial charge in [0.2, 0.25) is 5.91 Å². The molecule has 10 heteroatoms. The SMILES string of the molecule is Cc1ccccc1C[C@H](NC(=O)[C@](C)(CC(C)C)NC(=O)C(F)(F)F)C(=O)[O-].[Li+]. The summed E-state index contributed by atoms with van der Waals surface area (Å²) in [6, 6.07) is 5.43. The first-order valence-electron chi connectivity index (χ1n) is 8.72. The summed E-state index contributed by atoms with van der Waals surface area (Å²) in [7, 11) is 0. The molecule has 0 aliphatic heterocycles. The average molecular weight is 408 g/mol. The molecule has 0 radical (unpaired) electrons. The van der Waals surface area contributed by atoms with Gasteiger partial charge < -0.3 is 20.5 Å². The Bertz CT molecular complexity index is 740. The van der Waals surface area contributed by atoms with Crippen molar-refractivity contribution in [2.75, 3.05) is 0 Å². The maximum atomic E-state index is 12.7. The molecule has 0 bridgehead atoms. The number of carboxylic acid groups (broad SMARTS) is 1. The van der Waals surface area contributed by atoms with Crippen molar-refractivity contribution in [1.82, 2.24) is 10.6 Å². The van der Waals surface area contributed by atoms with Gasteiger partial charge >= 0.3 is 30.9 Å². The van der Waals surface area contributed by atoms with E-state index < -0.39 is 35.5 Å². The number of carboxylic acids is 1. The number of nitrogens with one attached hydrogen (secondary N) is 2. The number of hydrogen-bond donors (Lipinski definition) is 2. The number of aryl methyl sites for hydroxylation is 1. The Kier molecular flexibility index (Phi) is 9.96. The Morgan fingerprint density at radius 1 is 1.10 bits per heavy atom. The first-order chi connectivity index (χ1) is 12.8. The van der Waals surface area contributed by atoms with Gasteiger partial charge in [0, 0.05) is 0 Å². The number of hydrogen-bond acceptors (Lipinski definition) is 4. The molecule has 6 nitrogen and oxygen atoms in total. The van der Waals surface area contributed by atoms with Crippen LogP contribution in [-0.2, 0) is 20.8 Å². The predicted octanol–water partition coefficient (Wildman–Crippen LogP) is -1.74. The van der Waals surface area contributed by atoms with E-state index in [2.05, 4.69) is 5.32 Å². The fourth-order valence-corrected chi connectivity index (χ4v) is 2.91. The van der Waals surface area contributed by atoms with Crippen molar-refractivity contribution in [3.05, 3.63) is 35.4 Å². The maximum absolute atomic E-state index is 12.7. The molecule has 1 rings (SSSR count). The molecule has 0 saturated heterocycles. The van der Waals surface area contributed by atoms with E-state index in [1.54, 1.807) is 50.4 Å². The summed E-state index contributed by atoms with van der Waals surface area (Å²) in [4.78, 5) is 35.5. The van der Waals surface area contributed by atoms with Crippen LogP contribution in [0.3, 0.4) is 0 Å². The van der Waals surface area contributed by atoms with Gasteiger partial charge in [-0.3, -0.25) is 9.59 Å². The third kappa shape index (κ3) is 8.11. The standard InChI is InChI=1S/C19H25F3N2O4.Li/c1-11(2)10-18(4,24-17(28)19(20,21)22)16(27)23-14(15(25)26)9-13-8-6-5-7-12(13)3;/h5-8,11,14H,9-10H2,1-4H3,(H,23,27)(H,24,28)(H,25,26);/q;+1/p-1/t14-,18-;/m0./s1. The third-order valence-corrected chi connectivity index (χ3v) is 4.24. The molecule has 0 aliphatic rings. The smallest absolute Gasteiger partial charge is 0.548 e. The Balaban J connectivity index is 0.00000784. The van der Waals surface area contributed by atoms with Crippen LogP contribution in [0, 0.1) is 12.8 Å². The minimum Gasteiger partial charge on any atom is -0.548 e. The van der Waals surface area contributed by atoms with Gasteiger partial charge in [-0.1, -0.05) is 38.1 Å². The second-order valence-corrected chi connectivity index (χ2v) is 7.36. The van der Waals surface area contributed by atoms with E-state index >= 15 is 0 Å². The summed E-state index contributed by atoms with van der Waals surface area (Å²) in [6.45, 7) is 6.21. The molecule has 156 valence electrons. The molecule has 0 heterocycles. The minimum absolute atomic E-state index is 0. The van der Waals surface area contributed by atoms with Crippen LogP contribution < -0.4 is 34.6 Å². The van der Waals surface area contributed by atoms with Crippen LogP contribution in [0.25, 0.3) is 0 Å². The molecule has 2 atom stereocenters. The molecule has 0 unspecified atom stereocenters. The number of rotatable bonds is 8. The quantitative estimate of drug-likeness (QED) is 0.499. The molecule has 0 spiro atoms. The third-order valence-electron chi connectivity index (χ3n) is 4.24. The van der Waals surface area contributed by atoms with Crippen LogP contribution in [0.2, 0.25) is 0 Å². The molecular weight excluding hydrogens is 384 g/mol. The molecular formula is C19H24F3LiN2O4. The summed E-state index contributed by atoms with van der Waals surface area (Å²) in [6.07, 6.45) is -5.40. The van der Waals surface area contributed by atoms with Crippen LogP contribution in [0.1, 0.15) is 38.3 Å². The Morgan fingerprint density at radius 3 is 2.10 bits per heavy atom. The molecule has 2 N–H and O–H groups in total. The van der Waals surface area contributed by atoms with Gasteiger partial charge in [0.15, 0.2) is 0 Å². The van der Waals surface area contributed by atoms with E-state index in [0.717, 1.165) is 12.5 Å². The Labute approximate surface area is 179 Å². The zero-order chi connectivity index (χ0) is 21.7. The summed E-state index contributed by atoms with van der Waals surface area (Å²) in [5.74, 6) is -5.12. The van der Waals surface area contributed by atoms with E-state index in [9.17, 15) is 32.7 Å². The summed E-state index contributed by atoms with van der Waals surface area (Å²) in [5, 5.41) is 15.4. The molecule has 1 aromatic carbocycles. The van der Waals surface area contributed by atoms with Crippen LogP contribution in [0.5, 0.6) is 0 Å². The van der Waals surface area contributed by atoms with Crippen LogP contribution >= 0.6 is 0 Å². The molecule has 0 fully saturated rings. The van der Waals surface area contributed by atoms with E-state index in [1.165, 1.54) is 0 Å². The second-order valence-electron chi connectivity index (χ2n) is 7.36. The van der Waals surface area contributed by atoms with Crippen molar-refractivity contribution >= 4 is 17.8 Å². The first kappa shape index (κ1) is 27.0. The predicted molar refractivity (Wildman–Crippen MR) is 93.9 cm³/mol. The summed E-state index contributed by atoms with van der Waals surface area (Å²) < 4.78 is 38.0. The monoisotopic (exact) mass is 408 g/mol. The van der Waals surface area contributed by atoms with Crippen LogP contribution in [0.15, 0.2) is 24.3 Å². The van der Waals surface area contributed by atoms with Gasteiger partial charge in [0.05, 0.1) is 12.0 Å². The van der Waals surface area contributed by atoms with Gasteiger partial charge in [-0.15, -0.1) is 0 Å². The van der Waals surface area contributed by atoms with Gasteiger partial charge in [-0.2, -0.15) is 13.2 Å². The van der Waals surface area contributed by atoms with Gasteiger partial charge in [0.25, 0.3) is 0 Å². The van der Waals surface area contributed by atoms with Crippen LogP contribution in [0.4, 0.5) is 13.2 Å². The van der Waals surface area contributed by atoms with E-state index in [4.69, 9.17) is 0 Å². The number of carbonyl (C=O) groups excluding carboxylic acids is 3. The number of carbonyl (C=O) groups is 3. The molecule has 0 saturated carbocycles. The van der Waals surface area contributed by atoms with Crippen molar-refractivity contribution in [2.45, 2.75) is 58.3 Å². The fourth-order valence-electron chi connectivity index (χ4n) is 2.91. The molecule has 2 amide bonds. The Hall–Kier alpha value is -1.98. The molecule has 0 aromatic heterocycles. The van der Waals surface area contributed by atoms with E-state index in [1.807, 2.05) is 0 Å². The van der Waals surface area contributed by atoms with Crippen molar-refractivity contribution in [1.29, 1.82) is 0 Å². The summed E-state index contributed by atoms with van der Waals surface area (Å²) >= 11 is 0. The zero-order valence-corrected chi connectivity index (χ0v) is 17.1. The topological polar surface area (TPSA) is 98.3 Å². The number of halogens is 3. The van der Waals surface area contributed by atoms with E-state index in [-0.39, 0.29) is 37.6 Å². The Morgan fingerprint density at radius 2 is 1.66 bits per heavy atom.